The molecule has 3 nitrogen and oxygen atoms in total. The van der Waals surface area contributed by atoms with E-state index in [4.69, 9.17) is 4.74 Å². The highest BCUT2D eigenvalue weighted by Crippen LogP contribution is 2.10. The summed E-state index contributed by atoms with van der Waals surface area (Å²) in [5.74, 6) is 0.508. The van der Waals surface area contributed by atoms with Crippen molar-refractivity contribution in [1.82, 2.24) is 4.90 Å². The van der Waals surface area contributed by atoms with Crippen molar-refractivity contribution < 1.29 is 13.9 Å². The van der Waals surface area contributed by atoms with Gasteiger partial charge < -0.3 is 4.74 Å². The first-order valence-corrected chi connectivity index (χ1v) is 6.72. The van der Waals surface area contributed by atoms with E-state index in [9.17, 15) is 9.18 Å². The monoisotopic (exact) mass is 281 g/mol. The molecule has 1 saturated heterocycles. The van der Waals surface area contributed by atoms with Gasteiger partial charge in [-0.15, -0.1) is 0 Å². The zero-order valence-electron chi connectivity index (χ0n) is 12.7. The summed E-state index contributed by atoms with van der Waals surface area (Å²) in [5.41, 5.74) is 0.497. The lowest BCUT2D eigenvalue weighted by atomic mass is 10.2. The van der Waals surface area contributed by atoms with E-state index in [1.165, 1.54) is 24.3 Å². The number of hydrogen-bond donors (Lipinski definition) is 0. The Labute approximate surface area is 121 Å². The molecule has 2 rings (SSSR count). The molecule has 0 aromatic heterocycles. The van der Waals surface area contributed by atoms with Gasteiger partial charge in [-0.3, -0.25) is 9.69 Å². The van der Waals surface area contributed by atoms with Crippen molar-refractivity contribution in [3.05, 3.63) is 48.0 Å². The molecule has 0 amide bonds. The van der Waals surface area contributed by atoms with Gasteiger partial charge in [-0.1, -0.05) is 20.4 Å². The van der Waals surface area contributed by atoms with E-state index < -0.39 is 0 Å². The SMILES string of the molecule is C=C(C)OC1CN(C)C1.CC.O=Cc1ccc(F)cc1. The van der Waals surface area contributed by atoms with Crippen molar-refractivity contribution in [3.8, 4) is 0 Å². The number of benzene rings is 1. The lowest BCUT2D eigenvalue weighted by Gasteiger charge is -2.35. The average molecular weight is 281 g/mol. The highest BCUT2D eigenvalue weighted by atomic mass is 19.1. The molecule has 0 N–H and O–H groups in total. The smallest absolute Gasteiger partial charge is 0.150 e. The Kier molecular flexibility index (Phi) is 9.30. The van der Waals surface area contributed by atoms with Gasteiger partial charge in [0, 0.05) is 18.7 Å². The minimum absolute atomic E-state index is 0.319. The highest BCUT2D eigenvalue weighted by molar-refractivity contribution is 5.74. The van der Waals surface area contributed by atoms with Crippen LogP contribution in [0.1, 0.15) is 31.1 Å². The van der Waals surface area contributed by atoms with Crippen LogP contribution in [0.3, 0.4) is 0 Å². The number of hydrogen-bond acceptors (Lipinski definition) is 3. The third-order valence-corrected chi connectivity index (χ3v) is 2.40. The molecule has 1 aliphatic heterocycles. The van der Waals surface area contributed by atoms with Gasteiger partial charge in [0.1, 0.15) is 18.2 Å². The summed E-state index contributed by atoms with van der Waals surface area (Å²) in [6.07, 6.45) is 1.09. The summed E-state index contributed by atoms with van der Waals surface area (Å²) in [7, 11) is 2.08. The highest BCUT2D eigenvalue weighted by Gasteiger charge is 2.23. The number of likely N-dealkylation sites (N-methyl/N-ethyl adjacent to an activating group) is 1. The number of carbonyl (C=O) groups excluding carboxylic acids is 1. The van der Waals surface area contributed by atoms with Gasteiger partial charge in [-0.25, -0.2) is 4.39 Å². The van der Waals surface area contributed by atoms with Crippen LogP contribution in [-0.2, 0) is 4.74 Å². The molecule has 112 valence electrons. The maximum atomic E-state index is 12.1. The average Bonchev–Trinajstić information content (AvgIpc) is 2.40. The Hall–Kier alpha value is -1.68. The van der Waals surface area contributed by atoms with Gasteiger partial charge in [-0.2, -0.15) is 0 Å². The fraction of sp³-hybridized carbons (Fsp3) is 0.438. The number of likely N-dealkylation sites (tertiary alicyclic amines) is 1. The molecule has 1 heterocycles. The first-order chi connectivity index (χ1) is 9.51. The number of aldehydes is 1. The molecule has 1 aromatic carbocycles. The van der Waals surface area contributed by atoms with Crippen LogP contribution in [0.2, 0.25) is 0 Å². The summed E-state index contributed by atoms with van der Waals surface area (Å²) < 4.78 is 17.4. The number of halogens is 1. The molecular formula is C16H24FNO2. The number of rotatable bonds is 3. The molecule has 0 unspecified atom stereocenters. The summed E-state index contributed by atoms with van der Waals surface area (Å²) >= 11 is 0. The van der Waals surface area contributed by atoms with Gasteiger partial charge in [0.15, 0.2) is 0 Å². The van der Waals surface area contributed by atoms with Gasteiger partial charge in [0.05, 0.1) is 5.76 Å². The zero-order chi connectivity index (χ0) is 15.5. The Bertz CT molecular complexity index is 397. The fourth-order valence-electron chi connectivity index (χ4n) is 1.54. The third-order valence-electron chi connectivity index (χ3n) is 2.40. The second-order valence-electron chi connectivity index (χ2n) is 4.33. The van der Waals surface area contributed by atoms with E-state index in [0.717, 1.165) is 18.8 Å². The van der Waals surface area contributed by atoms with Gasteiger partial charge in [0.25, 0.3) is 0 Å². The molecule has 0 bridgehead atoms. The van der Waals surface area contributed by atoms with Crippen molar-refractivity contribution in [2.24, 2.45) is 0 Å². The second kappa shape index (κ2) is 10.1. The number of allylic oxidation sites excluding steroid dienone is 1. The standard InChI is InChI=1S/C7H5FO.C7H13NO.C2H6/c8-7-3-1-6(5-9)2-4-7;1-6(2)9-7-4-8(3)5-7;1-2/h1-5H;7H,1,4-5H2,2-3H3;1-2H3. The van der Waals surface area contributed by atoms with E-state index in [2.05, 4.69) is 18.5 Å². The second-order valence-corrected chi connectivity index (χ2v) is 4.33. The van der Waals surface area contributed by atoms with Crippen LogP contribution in [0.5, 0.6) is 0 Å². The Morgan fingerprint density at radius 2 is 1.85 bits per heavy atom. The van der Waals surface area contributed by atoms with Crippen LogP contribution in [0.4, 0.5) is 4.39 Å². The molecule has 0 atom stereocenters. The molecule has 0 aliphatic carbocycles. The summed E-state index contributed by atoms with van der Waals surface area (Å²) in [5, 5.41) is 0. The minimum atomic E-state index is -0.319. The first kappa shape index (κ1) is 18.3. The quantitative estimate of drug-likeness (QED) is 0.627. The minimum Gasteiger partial charge on any atom is -0.493 e. The molecule has 1 aliphatic rings. The summed E-state index contributed by atoms with van der Waals surface area (Å²) in [4.78, 5) is 12.2. The van der Waals surface area contributed by atoms with Crippen LogP contribution in [-0.4, -0.2) is 37.4 Å². The predicted molar refractivity (Wildman–Crippen MR) is 80.3 cm³/mol. The Morgan fingerprint density at radius 3 is 2.20 bits per heavy atom. The molecular weight excluding hydrogens is 257 g/mol. The Morgan fingerprint density at radius 1 is 1.35 bits per heavy atom. The molecule has 0 saturated carbocycles. The van der Waals surface area contributed by atoms with Crippen LogP contribution in [0, 0.1) is 5.82 Å². The molecule has 1 aromatic rings. The first-order valence-electron chi connectivity index (χ1n) is 6.72. The van der Waals surface area contributed by atoms with E-state index >= 15 is 0 Å². The van der Waals surface area contributed by atoms with Gasteiger partial charge in [0.2, 0.25) is 0 Å². The van der Waals surface area contributed by atoms with Crippen LogP contribution in [0.25, 0.3) is 0 Å². The summed E-state index contributed by atoms with van der Waals surface area (Å²) in [6, 6.07) is 5.37. The van der Waals surface area contributed by atoms with Crippen molar-refractivity contribution >= 4 is 6.29 Å². The number of ether oxygens (including phenoxy) is 1. The van der Waals surface area contributed by atoms with Crippen LogP contribution < -0.4 is 0 Å². The zero-order valence-corrected chi connectivity index (χ0v) is 12.7. The topological polar surface area (TPSA) is 29.5 Å². The van der Waals surface area contributed by atoms with Crippen LogP contribution >= 0.6 is 0 Å². The van der Waals surface area contributed by atoms with Crippen molar-refractivity contribution in [1.29, 1.82) is 0 Å². The molecule has 0 spiro atoms. The largest absolute Gasteiger partial charge is 0.493 e. The molecule has 1 fully saturated rings. The predicted octanol–water partition coefficient (Wildman–Crippen LogP) is 3.52. The number of nitrogens with zero attached hydrogens (tertiary/aromatic N) is 1. The normalized spacial score (nSPS) is 13.8. The molecule has 20 heavy (non-hydrogen) atoms. The van der Waals surface area contributed by atoms with Gasteiger partial charge >= 0.3 is 0 Å². The molecule has 4 heteroatoms. The summed E-state index contributed by atoms with van der Waals surface area (Å²) in [6.45, 7) is 11.6. The van der Waals surface area contributed by atoms with Crippen molar-refractivity contribution in [2.75, 3.05) is 20.1 Å². The van der Waals surface area contributed by atoms with Crippen LogP contribution in [0.15, 0.2) is 36.6 Å². The fourth-order valence-corrected chi connectivity index (χ4v) is 1.54. The Balaban J connectivity index is 0.000000321. The van der Waals surface area contributed by atoms with E-state index in [1.807, 2.05) is 20.8 Å². The maximum absolute atomic E-state index is 12.1. The lowest BCUT2D eigenvalue weighted by Crippen LogP contribution is -2.49. The van der Waals surface area contributed by atoms with E-state index in [-0.39, 0.29) is 5.82 Å². The van der Waals surface area contributed by atoms with Gasteiger partial charge in [-0.05, 0) is 38.2 Å². The maximum Gasteiger partial charge on any atom is 0.150 e. The third kappa shape index (κ3) is 7.69. The van der Waals surface area contributed by atoms with E-state index in [1.54, 1.807) is 0 Å². The van der Waals surface area contributed by atoms with Crippen molar-refractivity contribution in [3.63, 3.8) is 0 Å². The lowest BCUT2D eigenvalue weighted by molar-refractivity contribution is -0.00588. The van der Waals surface area contributed by atoms with E-state index in [0.29, 0.717) is 18.0 Å². The van der Waals surface area contributed by atoms with Crippen molar-refractivity contribution in [2.45, 2.75) is 26.9 Å². The molecule has 0 radical (unpaired) electrons. The number of carbonyl (C=O) groups is 1.